The molecule has 0 bridgehead atoms. The Morgan fingerprint density at radius 1 is 1.40 bits per heavy atom. The Morgan fingerprint density at radius 2 is 1.93 bits per heavy atom. The van der Waals surface area contributed by atoms with Crippen LogP contribution in [0.25, 0.3) is 0 Å². The molecular weight excluding hydrogens is 191 g/mol. The average Bonchev–Trinajstić information content (AvgIpc) is 2.15. The number of hydrogen-bond donors (Lipinski definition) is 0. The number of hydrogen-bond acceptors (Lipinski definition) is 5. The molecule has 1 atom stereocenters. The summed E-state index contributed by atoms with van der Waals surface area (Å²) in [5.74, 6) is -1.04. The van der Waals surface area contributed by atoms with Gasteiger partial charge in [-0.1, -0.05) is 0 Å². The second-order valence-corrected chi connectivity index (χ2v) is 3.63. The zero-order valence-corrected chi connectivity index (χ0v) is 9.73. The molecule has 6 heteroatoms. The van der Waals surface area contributed by atoms with Crippen molar-refractivity contribution in [3.05, 3.63) is 0 Å². The summed E-state index contributed by atoms with van der Waals surface area (Å²) in [6.07, 6.45) is 0. The summed E-state index contributed by atoms with van der Waals surface area (Å²) in [7, 11) is 3.54. The van der Waals surface area contributed by atoms with Crippen LogP contribution in [0, 0.1) is 0 Å². The number of carbonyl (C=O) groups excluding carboxylic acids is 1. The van der Waals surface area contributed by atoms with Crippen molar-refractivity contribution in [3.8, 4) is 0 Å². The first-order valence-corrected chi connectivity index (χ1v) is 4.77. The molecular formula is C9H17LiN2O3. The Labute approximate surface area is 103 Å². The van der Waals surface area contributed by atoms with Crippen LogP contribution in [0.4, 0.5) is 0 Å². The molecule has 0 N–H and O–H groups in total. The zero-order chi connectivity index (χ0) is 10.6. The van der Waals surface area contributed by atoms with Gasteiger partial charge in [0.15, 0.2) is 0 Å². The quantitative estimate of drug-likeness (QED) is 0.433. The fourth-order valence-corrected chi connectivity index (χ4v) is 1.61. The van der Waals surface area contributed by atoms with E-state index in [1.54, 1.807) is 0 Å². The van der Waals surface area contributed by atoms with Crippen molar-refractivity contribution in [2.45, 2.75) is 6.04 Å². The molecule has 0 aromatic heterocycles. The Kier molecular flexibility index (Phi) is 7.23. The van der Waals surface area contributed by atoms with Gasteiger partial charge in [-0.05, 0) is 7.05 Å². The van der Waals surface area contributed by atoms with Crippen molar-refractivity contribution in [3.63, 3.8) is 0 Å². The summed E-state index contributed by atoms with van der Waals surface area (Å²) >= 11 is 0. The van der Waals surface area contributed by atoms with E-state index in [1.807, 2.05) is 11.9 Å². The molecule has 0 aromatic carbocycles. The van der Waals surface area contributed by atoms with Gasteiger partial charge in [-0.2, -0.15) is 0 Å². The largest absolute Gasteiger partial charge is 1.00 e. The van der Waals surface area contributed by atoms with Gasteiger partial charge in [0.05, 0.1) is 18.6 Å². The van der Waals surface area contributed by atoms with Gasteiger partial charge in [0.1, 0.15) is 0 Å². The first-order chi connectivity index (χ1) is 6.65. The number of ether oxygens (including phenoxy) is 1. The molecule has 82 valence electrons. The molecule has 0 saturated carbocycles. The Bertz CT molecular complexity index is 196. The third-order valence-corrected chi connectivity index (χ3v) is 2.58. The molecule has 1 rings (SSSR count). The fourth-order valence-electron chi connectivity index (χ4n) is 1.61. The standard InChI is InChI=1S/C9H18N2O3.Li/c1-10-3-5-11(6-4-10)8(7-14-2)9(12)13;/h8H,3-7H2,1-2H3,(H,12,13);/q;+1/p-1. The van der Waals surface area contributed by atoms with E-state index < -0.39 is 12.0 Å². The number of carboxylic acids is 1. The molecule has 15 heavy (non-hydrogen) atoms. The third-order valence-electron chi connectivity index (χ3n) is 2.58. The Balaban J connectivity index is 0.00000196. The molecule has 1 unspecified atom stereocenters. The Hall–Kier alpha value is -0.0526. The van der Waals surface area contributed by atoms with Crippen molar-refractivity contribution in [2.75, 3.05) is 46.9 Å². The number of carbonyl (C=O) groups is 1. The maximum Gasteiger partial charge on any atom is 1.00 e. The van der Waals surface area contributed by atoms with E-state index in [2.05, 4.69) is 4.90 Å². The average molecular weight is 208 g/mol. The number of rotatable bonds is 4. The minimum Gasteiger partial charge on any atom is -0.548 e. The number of piperazine rings is 1. The summed E-state index contributed by atoms with van der Waals surface area (Å²) in [6, 6.07) is -0.603. The van der Waals surface area contributed by atoms with Crippen LogP contribution in [-0.2, 0) is 9.53 Å². The second-order valence-electron chi connectivity index (χ2n) is 3.63. The van der Waals surface area contributed by atoms with E-state index in [0.29, 0.717) is 0 Å². The smallest absolute Gasteiger partial charge is 0.548 e. The van der Waals surface area contributed by atoms with E-state index >= 15 is 0 Å². The number of nitrogens with zero attached hydrogens (tertiary/aromatic N) is 2. The van der Waals surface area contributed by atoms with Crippen LogP contribution in [0.1, 0.15) is 0 Å². The number of carboxylic acid groups (broad SMARTS) is 1. The molecule has 0 aromatic rings. The van der Waals surface area contributed by atoms with Gasteiger partial charge in [0.25, 0.3) is 0 Å². The minimum absolute atomic E-state index is 0. The molecule has 1 aliphatic rings. The van der Waals surface area contributed by atoms with Crippen molar-refractivity contribution in [2.24, 2.45) is 0 Å². The molecule has 0 aliphatic carbocycles. The van der Waals surface area contributed by atoms with Gasteiger partial charge in [0, 0.05) is 33.3 Å². The molecule has 1 aliphatic heterocycles. The van der Waals surface area contributed by atoms with E-state index in [0.717, 1.165) is 26.2 Å². The Morgan fingerprint density at radius 3 is 2.33 bits per heavy atom. The SMILES string of the molecule is COCC(C(=O)[O-])N1CCN(C)CC1.[Li+]. The number of aliphatic carboxylic acids is 1. The maximum absolute atomic E-state index is 10.8. The molecule has 1 fully saturated rings. The van der Waals surface area contributed by atoms with Gasteiger partial charge < -0.3 is 19.5 Å². The second kappa shape index (κ2) is 7.26. The van der Waals surface area contributed by atoms with Gasteiger partial charge in [-0.15, -0.1) is 0 Å². The van der Waals surface area contributed by atoms with E-state index in [9.17, 15) is 9.90 Å². The van der Waals surface area contributed by atoms with E-state index in [1.165, 1.54) is 7.11 Å². The number of likely N-dealkylation sites (N-methyl/N-ethyl adjacent to an activating group) is 1. The van der Waals surface area contributed by atoms with Crippen LogP contribution in [0.5, 0.6) is 0 Å². The van der Waals surface area contributed by atoms with Crippen molar-refractivity contribution in [1.82, 2.24) is 9.80 Å². The molecule has 0 amide bonds. The predicted octanol–water partition coefficient (Wildman–Crippen LogP) is -5.00. The first kappa shape index (κ1) is 14.9. The first-order valence-electron chi connectivity index (χ1n) is 4.77. The maximum atomic E-state index is 10.8. The van der Waals surface area contributed by atoms with E-state index in [-0.39, 0.29) is 25.5 Å². The monoisotopic (exact) mass is 208 g/mol. The molecule has 0 spiro atoms. The minimum atomic E-state index is -1.04. The van der Waals surface area contributed by atoms with Crippen LogP contribution in [0.2, 0.25) is 0 Å². The van der Waals surface area contributed by atoms with Gasteiger partial charge in [-0.3, -0.25) is 4.90 Å². The van der Waals surface area contributed by atoms with Gasteiger partial charge >= 0.3 is 18.9 Å². The fraction of sp³-hybridized carbons (Fsp3) is 0.889. The summed E-state index contributed by atoms with van der Waals surface area (Å²) in [4.78, 5) is 14.9. The van der Waals surface area contributed by atoms with Gasteiger partial charge in [-0.25, -0.2) is 0 Å². The van der Waals surface area contributed by atoms with Crippen LogP contribution < -0.4 is 24.0 Å². The zero-order valence-electron chi connectivity index (χ0n) is 9.73. The molecule has 0 radical (unpaired) electrons. The summed E-state index contributed by atoms with van der Waals surface area (Å²) in [6.45, 7) is 3.52. The normalized spacial score (nSPS) is 20.7. The van der Waals surface area contributed by atoms with Crippen LogP contribution in [-0.4, -0.2) is 68.8 Å². The van der Waals surface area contributed by atoms with Crippen molar-refractivity contribution in [1.29, 1.82) is 0 Å². The number of methoxy groups -OCH3 is 1. The molecule has 1 heterocycles. The van der Waals surface area contributed by atoms with Crippen LogP contribution >= 0.6 is 0 Å². The molecule has 1 saturated heterocycles. The van der Waals surface area contributed by atoms with E-state index in [4.69, 9.17) is 4.74 Å². The summed E-state index contributed by atoms with van der Waals surface area (Å²) < 4.78 is 4.87. The van der Waals surface area contributed by atoms with Crippen LogP contribution in [0.15, 0.2) is 0 Å². The summed E-state index contributed by atoms with van der Waals surface area (Å²) in [5, 5.41) is 10.8. The summed E-state index contributed by atoms with van der Waals surface area (Å²) in [5.41, 5.74) is 0. The van der Waals surface area contributed by atoms with Crippen molar-refractivity contribution >= 4 is 5.97 Å². The third kappa shape index (κ3) is 4.54. The van der Waals surface area contributed by atoms with Crippen LogP contribution in [0.3, 0.4) is 0 Å². The predicted molar refractivity (Wildman–Crippen MR) is 49.7 cm³/mol. The molecule has 5 nitrogen and oxygen atoms in total. The van der Waals surface area contributed by atoms with Crippen molar-refractivity contribution < 1.29 is 33.5 Å². The topological polar surface area (TPSA) is 55.8 Å². The van der Waals surface area contributed by atoms with Gasteiger partial charge in [0.2, 0.25) is 0 Å².